The summed E-state index contributed by atoms with van der Waals surface area (Å²) in [5, 5.41) is 0. The number of hydrogen-bond acceptors (Lipinski definition) is 5. The van der Waals surface area contributed by atoms with E-state index in [9.17, 15) is 0 Å². The second kappa shape index (κ2) is 5.55. The van der Waals surface area contributed by atoms with Gasteiger partial charge in [-0.3, -0.25) is 4.98 Å². The second-order valence-electron chi connectivity index (χ2n) is 3.95. The van der Waals surface area contributed by atoms with Crippen molar-refractivity contribution in [3.05, 3.63) is 35.8 Å². The molecule has 0 saturated heterocycles. The molecule has 2 aromatic rings. The highest BCUT2D eigenvalue weighted by Crippen LogP contribution is 2.21. The van der Waals surface area contributed by atoms with Crippen molar-refractivity contribution >= 4 is 5.82 Å². The smallest absolute Gasteiger partial charge is 0.162 e. The lowest BCUT2D eigenvalue weighted by molar-refractivity contribution is 0.993. The fraction of sp³-hybridized carbons (Fsp3) is 0.308. The number of hydrogen-bond donors (Lipinski definition) is 2. The van der Waals surface area contributed by atoms with Crippen LogP contribution in [0.15, 0.2) is 24.5 Å². The highest BCUT2D eigenvalue weighted by molar-refractivity contribution is 5.61. The van der Waals surface area contributed by atoms with Crippen molar-refractivity contribution in [1.29, 1.82) is 0 Å². The number of nitrogens with zero attached hydrogens (tertiary/aromatic N) is 3. The Kier molecular flexibility index (Phi) is 3.84. The Morgan fingerprint density at radius 1 is 1.22 bits per heavy atom. The first-order valence-corrected chi connectivity index (χ1v) is 6.06. The molecule has 0 bridgehead atoms. The molecule has 18 heavy (non-hydrogen) atoms. The van der Waals surface area contributed by atoms with E-state index in [2.05, 4.69) is 34.2 Å². The fourth-order valence-corrected chi connectivity index (χ4v) is 1.80. The minimum atomic E-state index is 0.635. The molecule has 0 radical (unpaired) electrons. The lowest BCUT2D eigenvalue weighted by Crippen LogP contribution is -2.10. The van der Waals surface area contributed by atoms with E-state index in [0.29, 0.717) is 11.6 Å². The van der Waals surface area contributed by atoms with Gasteiger partial charge in [-0.15, -0.1) is 0 Å². The fourth-order valence-electron chi connectivity index (χ4n) is 1.80. The summed E-state index contributed by atoms with van der Waals surface area (Å²) < 4.78 is 0. The molecule has 2 aromatic heterocycles. The summed E-state index contributed by atoms with van der Waals surface area (Å²) >= 11 is 0. The number of aryl methyl sites for hydroxylation is 2. The summed E-state index contributed by atoms with van der Waals surface area (Å²) in [5.41, 5.74) is 5.69. The van der Waals surface area contributed by atoms with Crippen LogP contribution in [0.2, 0.25) is 0 Å². The third-order valence-electron chi connectivity index (χ3n) is 2.81. The third kappa shape index (κ3) is 2.46. The lowest BCUT2D eigenvalue weighted by atomic mass is 10.1. The molecular weight excluding hydrogens is 226 g/mol. The van der Waals surface area contributed by atoms with Gasteiger partial charge < -0.3 is 5.43 Å². The lowest BCUT2D eigenvalue weighted by Gasteiger charge is -2.09. The van der Waals surface area contributed by atoms with Crippen LogP contribution in [0.5, 0.6) is 0 Å². The number of nitrogen functional groups attached to an aromatic ring is 1. The number of hydrazine groups is 1. The number of nitrogens with two attached hydrogens (primary N) is 1. The van der Waals surface area contributed by atoms with Crippen LogP contribution in [-0.4, -0.2) is 15.0 Å². The first-order valence-electron chi connectivity index (χ1n) is 6.06. The van der Waals surface area contributed by atoms with Gasteiger partial charge in [0.1, 0.15) is 5.82 Å². The Bertz CT molecular complexity index is 516. The van der Waals surface area contributed by atoms with Gasteiger partial charge in [0.2, 0.25) is 0 Å². The standard InChI is InChI=1S/C13H17N5/c1-3-9-8-15-6-5-11(9)13-16-10(4-2)7-12(17-13)18-14/h5-8H,3-4,14H2,1-2H3,(H,16,17,18). The van der Waals surface area contributed by atoms with Gasteiger partial charge in [0.05, 0.1) is 0 Å². The van der Waals surface area contributed by atoms with Gasteiger partial charge in [-0.05, 0) is 24.5 Å². The Labute approximate surface area is 106 Å². The molecule has 0 unspecified atom stereocenters. The van der Waals surface area contributed by atoms with E-state index in [1.54, 1.807) is 6.20 Å². The summed E-state index contributed by atoms with van der Waals surface area (Å²) in [6.45, 7) is 4.14. The van der Waals surface area contributed by atoms with Crippen LogP contribution in [0.4, 0.5) is 5.82 Å². The van der Waals surface area contributed by atoms with Gasteiger partial charge >= 0.3 is 0 Å². The van der Waals surface area contributed by atoms with Gasteiger partial charge in [0, 0.05) is 29.7 Å². The molecule has 2 rings (SSSR count). The second-order valence-corrected chi connectivity index (χ2v) is 3.95. The van der Waals surface area contributed by atoms with E-state index < -0.39 is 0 Å². The minimum absolute atomic E-state index is 0.635. The van der Waals surface area contributed by atoms with E-state index in [1.165, 1.54) is 0 Å². The summed E-state index contributed by atoms with van der Waals surface area (Å²) in [6, 6.07) is 3.80. The van der Waals surface area contributed by atoms with E-state index in [4.69, 9.17) is 5.84 Å². The molecule has 94 valence electrons. The third-order valence-corrected chi connectivity index (χ3v) is 2.81. The predicted octanol–water partition coefficient (Wildman–Crippen LogP) is 1.95. The zero-order valence-electron chi connectivity index (χ0n) is 10.6. The maximum Gasteiger partial charge on any atom is 0.162 e. The van der Waals surface area contributed by atoms with Crippen LogP contribution >= 0.6 is 0 Å². The Balaban J connectivity index is 2.55. The van der Waals surface area contributed by atoms with E-state index in [1.807, 2.05) is 18.3 Å². The average molecular weight is 243 g/mol. The zero-order valence-corrected chi connectivity index (χ0v) is 10.6. The molecular formula is C13H17N5. The summed E-state index contributed by atoms with van der Waals surface area (Å²) in [7, 11) is 0. The van der Waals surface area contributed by atoms with Crippen LogP contribution in [0.3, 0.4) is 0 Å². The van der Waals surface area contributed by atoms with Crippen LogP contribution in [-0.2, 0) is 12.8 Å². The molecule has 0 amide bonds. The van der Waals surface area contributed by atoms with Gasteiger partial charge in [-0.25, -0.2) is 15.8 Å². The molecule has 0 fully saturated rings. The highest BCUT2D eigenvalue weighted by atomic mass is 15.3. The van der Waals surface area contributed by atoms with E-state index in [0.717, 1.165) is 29.7 Å². The molecule has 0 aliphatic heterocycles. The van der Waals surface area contributed by atoms with Gasteiger partial charge in [0.25, 0.3) is 0 Å². The van der Waals surface area contributed by atoms with Crippen molar-refractivity contribution in [3.63, 3.8) is 0 Å². The monoisotopic (exact) mass is 243 g/mol. The van der Waals surface area contributed by atoms with Crippen molar-refractivity contribution in [2.45, 2.75) is 26.7 Å². The Morgan fingerprint density at radius 2 is 2.06 bits per heavy atom. The molecule has 3 N–H and O–H groups in total. The topological polar surface area (TPSA) is 76.7 Å². The number of rotatable bonds is 4. The van der Waals surface area contributed by atoms with Gasteiger partial charge in [0.15, 0.2) is 5.82 Å². The molecule has 5 nitrogen and oxygen atoms in total. The predicted molar refractivity (Wildman–Crippen MR) is 71.8 cm³/mol. The summed E-state index contributed by atoms with van der Waals surface area (Å²) in [4.78, 5) is 13.1. The summed E-state index contributed by atoms with van der Waals surface area (Å²) in [5.74, 6) is 6.77. The first-order chi connectivity index (χ1) is 8.78. The van der Waals surface area contributed by atoms with Crippen LogP contribution in [0, 0.1) is 0 Å². The van der Waals surface area contributed by atoms with Crippen molar-refractivity contribution in [2.75, 3.05) is 5.43 Å². The molecule has 0 atom stereocenters. The maximum atomic E-state index is 5.44. The van der Waals surface area contributed by atoms with Crippen molar-refractivity contribution < 1.29 is 0 Å². The van der Waals surface area contributed by atoms with Gasteiger partial charge in [-0.2, -0.15) is 0 Å². The zero-order chi connectivity index (χ0) is 13.0. The first kappa shape index (κ1) is 12.4. The molecule has 0 aliphatic carbocycles. The normalized spacial score (nSPS) is 10.4. The molecule has 0 spiro atoms. The van der Waals surface area contributed by atoms with Gasteiger partial charge in [-0.1, -0.05) is 13.8 Å². The number of anilines is 1. The minimum Gasteiger partial charge on any atom is -0.308 e. The summed E-state index contributed by atoms with van der Waals surface area (Å²) in [6.07, 6.45) is 5.35. The maximum absolute atomic E-state index is 5.44. The van der Waals surface area contributed by atoms with Crippen LogP contribution in [0.1, 0.15) is 25.1 Å². The van der Waals surface area contributed by atoms with E-state index >= 15 is 0 Å². The largest absolute Gasteiger partial charge is 0.308 e. The number of aromatic nitrogens is 3. The van der Waals surface area contributed by atoms with Crippen molar-refractivity contribution in [3.8, 4) is 11.4 Å². The Morgan fingerprint density at radius 3 is 2.72 bits per heavy atom. The Hall–Kier alpha value is -2.01. The molecule has 0 aliphatic rings. The number of nitrogens with one attached hydrogen (secondary N) is 1. The highest BCUT2D eigenvalue weighted by Gasteiger charge is 2.09. The molecule has 0 saturated carbocycles. The van der Waals surface area contributed by atoms with Crippen LogP contribution in [0.25, 0.3) is 11.4 Å². The SMILES string of the molecule is CCc1cc(NN)nc(-c2ccncc2CC)n1. The number of pyridine rings is 1. The molecule has 5 heteroatoms. The quantitative estimate of drug-likeness (QED) is 0.634. The van der Waals surface area contributed by atoms with Crippen molar-refractivity contribution in [1.82, 2.24) is 15.0 Å². The van der Waals surface area contributed by atoms with Crippen molar-refractivity contribution in [2.24, 2.45) is 5.84 Å². The van der Waals surface area contributed by atoms with E-state index in [-0.39, 0.29) is 0 Å². The van der Waals surface area contributed by atoms with Crippen LogP contribution < -0.4 is 11.3 Å². The molecule has 0 aromatic carbocycles. The average Bonchev–Trinajstić information content (AvgIpc) is 2.46. The molecule has 2 heterocycles.